The van der Waals surface area contributed by atoms with Crippen LogP contribution in [0.4, 0.5) is 0 Å². The summed E-state index contributed by atoms with van der Waals surface area (Å²) >= 11 is 6.32. The van der Waals surface area contributed by atoms with Crippen LogP contribution in [0.3, 0.4) is 0 Å². The molecule has 0 amide bonds. The van der Waals surface area contributed by atoms with Crippen LogP contribution in [-0.4, -0.2) is 25.6 Å². The fourth-order valence-corrected chi connectivity index (χ4v) is 14.9. The van der Waals surface area contributed by atoms with E-state index in [1.165, 1.54) is 27.1 Å². The molecule has 0 saturated carbocycles. The minimum absolute atomic E-state index is 0.0180. The number of nitrogens with zero attached hydrogens (tertiary/aromatic N) is 1. The maximum absolute atomic E-state index is 7.07. The third kappa shape index (κ3) is 7.62. The van der Waals surface area contributed by atoms with Crippen molar-refractivity contribution in [1.82, 2.24) is 4.98 Å². The van der Waals surface area contributed by atoms with Gasteiger partial charge in [0.25, 0.3) is 0 Å². The molecule has 0 radical (unpaired) electrons. The number of hydrogen-bond acceptors (Lipinski definition) is 3. The normalized spacial score (nSPS) is 15.1. The Bertz CT molecular complexity index is 1480. The maximum atomic E-state index is 7.07. The van der Waals surface area contributed by atoms with Crippen molar-refractivity contribution in [3.63, 3.8) is 0 Å². The summed E-state index contributed by atoms with van der Waals surface area (Å²) in [5.74, 6) is 0. The van der Waals surface area contributed by atoms with E-state index >= 15 is 0 Å². The van der Waals surface area contributed by atoms with Gasteiger partial charge in [-0.1, -0.05) is 0 Å². The van der Waals surface area contributed by atoms with E-state index in [0.717, 1.165) is 29.7 Å². The average Bonchev–Trinajstić information content (AvgIpc) is 3.42. The zero-order chi connectivity index (χ0) is 32.0. The van der Waals surface area contributed by atoms with E-state index in [4.69, 9.17) is 9.41 Å². The predicted molar refractivity (Wildman–Crippen MR) is 205 cm³/mol. The third-order valence-corrected chi connectivity index (χ3v) is 24.5. The van der Waals surface area contributed by atoms with Crippen molar-refractivity contribution in [3.05, 3.63) is 124 Å². The van der Waals surface area contributed by atoms with E-state index in [2.05, 4.69) is 179 Å². The topological polar surface area (TPSA) is 22.1 Å². The Labute approximate surface area is 279 Å². The fraction of sp³-hybridized carbons (Fsp3) is 0.342. The van der Waals surface area contributed by atoms with Crippen LogP contribution in [0, 0.1) is 6.92 Å². The van der Waals surface area contributed by atoms with Gasteiger partial charge < -0.3 is 0 Å². The first kappa shape index (κ1) is 34.7. The van der Waals surface area contributed by atoms with E-state index in [9.17, 15) is 0 Å². The molecule has 2 nitrogen and oxygen atoms in total. The van der Waals surface area contributed by atoms with Gasteiger partial charge >= 0.3 is 281 Å². The van der Waals surface area contributed by atoms with E-state index < -0.39 is 13.6 Å². The number of aromatic nitrogens is 1. The summed E-state index contributed by atoms with van der Waals surface area (Å²) < 4.78 is 7.07. The zero-order valence-corrected chi connectivity index (χ0v) is 32.0. The van der Waals surface area contributed by atoms with Crippen molar-refractivity contribution >= 4 is 62.4 Å². The Hall–Kier alpha value is -2.14. The Morgan fingerprint density at radius 1 is 0.886 bits per heavy atom. The number of rotatable bonds is 12. The Kier molecular flexibility index (Phi) is 11.1. The Morgan fingerprint density at radius 2 is 1.36 bits per heavy atom. The van der Waals surface area contributed by atoms with Gasteiger partial charge in [-0.05, 0) is 0 Å². The van der Waals surface area contributed by atoms with Crippen LogP contribution < -0.4 is 15.9 Å². The standard InChI is InChI=1S/C38H49BrNOPSSi/c1-30(24-25-37(41-44(7,8)38(4,5)6)31(2)28-33-29-43-32(3)40-33)26-27-42(39,34-18-12-9-13-19-34,35-20-14-10-15-21-35)36-22-16-11-17-23-36/h9-24,28-29,37H,25-27H2,1-8H3/b30-24+,31-28+/t37-/m0/s1. The summed E-state index contributed by atoms with van der Waals surface area (Å²) in [6.07, 6.45) is 7.48. The van der Waals surface area contributed by atoms with Crippen molar-refractivity contribution < 1.29 is 4.43 Å². The summed E-state index contributed by atoms with van der Waals surface area (Å²) in [5, 5.41) is 4.48. The van der Waals surface area contributed by atoms with Crippen LogP contribution in [-0.2, 0) is 4.43 Å². The molecule has 1 atom stereocenters. The molecule has 0 N–H and O–H groups in total. The molecule has 6 heteroatoms. The predicted octanol–water partition coefficient (Wildman–Crippen LogP) is 10.8. The Balaban J connectivity index is 1.70. The second-order valence-corrected chi connectivity index (χ2v) is 28.4. The van der Waals surface area contributed by atoms with Gasteiger partial charge in [0.15, 0.2) is 0 Å². The van der Waals surface area contributed by atoms with Crippen LogP contribution in [0.5, 0.6) is 0 Å². The first-order valence-electron chi connectivity index (χ1n) is 15.6. The molecule has 1 heterocycles. The van der Waals surface area contributed by atoms with Crippen molar-refractivity contribution in [1.29, 1.82) is 0 Å². The molecule has 3 aromatic carbocycles. The third-order valence-electron chi connectivity index (χ3n) is 9.25. The number of aryl methyl sites for hydroxylation is 1. The Morgan fingerprint density at radius 3 is 1.77 bits per heavy atom. The molecule has 4 aromatic rings. The van der Waals surface area contributed by atoms with E-state index in [1.54, 1.807) is 11.3 Å². The van der Waals surface area contributed by atoms with Gasteiger partial charge in [-0.2, -0.15) is 0 Å². The summed E-state index contributed by atoms with van der Waals surface area (Å²) in [6.45, 7) is 18.2. The minimum atomic E-state index is -2.97. The molecule has 0 unspecified atom stereocenters. The molecule has 0 aliphatic heterocycles. The van der Waals surface area contributed by atoms with Gasteiger partial charge in [-0.15, -0.1) is 0 Å². The fourth-order valence-electron chi connectivity index (χ4n) is 5.48. The summed E-state index contributed by atoms with van der Waals surface area (Å²) in [7, 11) is -2.00. The monoisotopic (exact) mass is 705 g/mol. The van der Waals surface area contributed by atoms with Gasteiger partial charge in [-0.25, -0.2) is 0 Å². The second-order valence-electron chi connectivity index (χ2n) is 13.5. The average molecular weight is 707 g/mol. The van der Waals surface area contributed by atoms with Crippen molar-refractivity contribution in [3.8, 4) is 0 Å². The first-order chi connectivity index (χ1) is 20.7. The molecule has 44 heavy (non-hydrogen) atoms. The molecule has 1 aromatic heterocycles. The number of thiazole rings is 1. The molecule has 0 aliphatic carbocycles. The van der Waals surface area contributed by atoms with Crippen molar-refractivity contribution in [2.24, 2.45) is 0 Å². The van der Waals surface area contributed by atoms with E-state index in [0.29, 0.717) is 0 Å². The number of allylic oxidation sites excluding steroid dienone is 1. The molecular weight excluding hydrogens is 657 g/mol. The van der Waals surface area contributed by atoms with Gasteiger partial charge in [0.2, 0.25) is 0 Å². The number of benzene rings is 3. The molecule has 0 aliphatic rings. The summed E-state index contributed by atoms with van der Waals surface area (Å²) in [5.41, 5.74) is 3.66. The van der Waals surface area contributed by atoms with Gasteiger partial charge in [-0.3, -0.25) is 0 Å². The molecule has 0 bridgehead atoms. The van der Waals surface area contributed by atoms with Gasteiger partial charge in [0, 0.05) is 0 Å². The molecular formula is C38H49BrNOPSSi. The molecule has 234 valence electrons. The molecule has 4 rings (SSSR count). The summed E-state index contributed by atoms with van der Waals surface area (Å²) in [4.78, 5) is 4.71. The number of hydrogen-bond donors (Lipinski definition) is 0. The van der Waals surface area contributed by atoms with Crippen LogP contribution in [0.1, 0.15) is 58.2 Å². The van der Waals surface area contributed by atoms with Crippen molar-refractivity contribution in [2.75, 3.05) is 6.16 Å². The van der Waals surface area contributed by atoms with E-state index in [-0.39, 0.29) is 11.1 Å². The first-order valence-corrected chi connectivity index (χ1v) is 23.8. The zero-order valence-electron chi connectivity index (χ0n) is 27.7. The van der Waals surface area contributed by atoms with Gasteiger partial charge in [0.05, 0.1) is 0 Å². The van der Waals surface area contributed by atoms with Crippen LogP contribution >= 0.6 is 32.1 Å². The van der Waals surface area contributed by atoms with Gasteiger partial charge in [0.1, 0.15) is 0 Å². The molecule has 0 spiro atoms. The number of halogens is 1. The van der Waals surface area contributed by atoms with E-state index in [1.807, 2.05) is 0 Å². The van der Waals surface area contributed by atoms with Crippen LogP contribution in [0.15, 0.2) is 114 Å². The second kappa shape index (κ2) is 14.1. The SMILES string of the molecule is C/C(=C\C[C@H](O[Si](C)(C)C(C)(C)C)/C(C)=C/c1csc(C)n1)CCP(Br)(c1ccccc1)(c1ccccc1)c1ccccc1. The van der Waals surface area contributed by atoms with Crippen LogP contribution in [0.25, 0.3) is 6.08 Å². The van der Waals surface area contributed by atoms with Crippen LogP contribution in [0.2, 0.25) is 18.1 Å². The molecule has 0 saturated heterocycles. The quantitative estimate of drug-likeness (QED) is 0.0831. The molecule has 0 fully saturated rings. The van der Waals surface area contributed by atoms with Crippen molar-refractivity contribution in [2.45, 2.75) is 78.6 Å². The summed E-state index contributed by atoms with van der Waals surface area (Å²) in [6, 6.07) is 33.2.